The van der Waals surface area contributed by atoms with Crippen molar-refractivity contribution in [2.24, 2.45) is 5.73 Å². The second kappa shape index (κ2) is 2.26. The van der Waals surface area contributed by atoms with Crippen LogP contribution in [-0.2, 0) is 14.3 Å². The number of nitrogens with two attached hydrogens (primary N) is 1. The molecule has 2 atom stereocenters. The third-order valence-electron chi connectivity index (χ3n) is 1.21. The number of hydrogen-bond donors (Lipinski definition) is 2. The van der Waals surface area contributed by atoms with Gasteiger partial charge in [-0.05, 0) is 0 Å². The Morgan fingerprint density at radius 3 is 2.70 bits per heavy atom. The Hall–Kier alpha value is -1.10. The zero-order chi connectivity index (χ0) is 7.72. The number of esters is 1. The van der Waals surface area contributed by atoms with Crippen molar-refractivity contribution in [3.05, 3.63) is 0 Å². The van der Waals surface area contributed by atoms with Crippen molar-refractivity contribution in [1.82, 2.24) is 5.32 Å². The molecule has 0 aromatic heterocycles. The highest BCUT2D eigenvalue weighted by Crippen LogP contribution is 2.04. The molecule has 0 radical (unpaired) electrons. The van der Waals surface area contributed by atoms with Crippen LogP contribution in [0.3, 0.4) is 0 Å². The summed E-state index contributed by atoms with van der Waals surface area (Å²) >= 11 is 0. The number of carbonyl (C=O) groups excluding carboxylic acids is 2. The van der Waals surface area contributed by atoms with Gasteiger partial charge in [-0.1, -0.05) is 0 Å². The molecule has 10 heavy (non-hydrogen) atoms. The molecule has 1 fully saturated rings. The molecule has 1 saturated heterocycles. The van der Waals surface area contributed by atoms with E-state index < -0.39 is 18.2 Å². The van der Waals surface area contributed by atoms with Gasteiger partial charge in [0, 0.05) is 6.92 Å². The lowest BCUT2D eigenvalue weighted by molar-refractivity contribution is -0.161. The van der Waals surface area contributed by atoms with Gasteiger partial charge in [-0.3, -0.25) is 9.59 Å². The number of nitrogens with one attached hydrogen (secondary N) is 1. The van der Waals surface area contributed by atoms with Crippen LogP contribution in [0.25, 0.3) is 0 Å². The number of ether oxygens (including phenoxy) is 1. The van der Waals surface area contributed by atoms with Crippen molar-refractivity contribution in [1.29, 1.82) is 0 Å². The van der Waals surface area contributed by atoms with Crippen LogP contribution in [0.4, 0.5) is 0 Å². The highest BCUT2D eigenvalue weighted by molar-refractivity contribution is 5.89. The smallest absolute Gasteiger partial charge is 0.304 e. The third kappa shape index (κ3) is 1.08. The summed E-state index contributed by atoms with van der Waals surface area (Å²) in [7, 11) is 0. The molecule has 0 aromatic rings. The zero-order valence-electron chi connectivity index (χ0n) is 5.46. The molecule has 0 bridgehead atoms. The molecule has 0 saturated carbocycles. The van der Waals surface area contributed by atoms with E-state index in [1.54, 1.807) is 0 Å². The van der Waals surface area contributed by atoms with Crippen LogP contribution < -0.4 is 11.1 Å². The van der Waals surface area contributed by atoms with E-state index in [1.807, 2.05) is 0 Å². The quantitative estimate of drug-likeness (QED) is 0.340. The molecule has 1 aliphatic heterocycles. The van der Waals surface area contributed by atoms with Gasteiger partial charge in [0.15, 0.2) is 6.23 Å². The second-order valence-corrected chi connectivity index (χ2v) is 2.06. The van der Waals surface area contributed by atoms with Crippen LogP contribution in [0.1, 0.15) is 6.92 Å². The van der Waals surface area contributed by atoms with Gasteiger partial charge in [0.2, 0.25) is 5.91 Å². The molecule has 1 aliphatic rings. The van der Waals surface area contributed by atoms with Crippen LogP contribution in [0, 0.1) is 0 Å². The minimum atomic E-state index is -0.691. The van der Waals surface area contributed by atoms with Gasteiger partial charge < -0.3 is 15.8 Å². The first-order valence-corrected chi connectivity index (χ1v) is 2.84. The molecule has 5 nitrogen and oxygen atoms in total. The summed E-state index contributed by atoms with van der Waals surface area (Å²) in [6.45, 7) is 1.26. The first-order valence-electron chi connectivity index (χ1n) is 2.84. The van der Waals surface area contributed by atoms with Gasteiger partial charge in [0.05, 0.1) is 0 Å². The Kier molecular flexibility index (Phi) is 1.58. The Morgan fingerprint density at radius 1 is 1.80 bits per heavy atom. The molecular weight excluding hydrogens is 136 g/mol. The van der Waals surface area contributed by atoms with Crippen LogP contribution in [0.2, 0.25) is 0 Å². The summed E-state index contributed by atoms with van der Waals surface area (Å²) in [5, 5.41) is 2.32. The minimum absolute atomic E-state index is 0.286. The molecule has 0 aromatic carbocycles. The average molecular weight is 144 g/mol. The maximum Gasteiger partial charge on any atom is 0.304 e. The summed E-state index contributed by atoms with van der Waals surface area (Å²) in [6.07, 6.45) is -0.620. The van der Waals surface area contributed by atoms with Gasteiger partial charge in [0.25, 0.3) is 0 Å². The summed E-state index contributed by atoms with van der Waals surface area (Å²) in [5.74, 6) is -0.730. The van der Waals surface area contributed by atoms with E-state index in [1.165, 1.54) is 6.92 Å². The van der Waals surface area contributed by atoms with Crippen LogP contribution >= 0.6 is 0 Å². The molecule has 0 spiro atoms. The van der Waals surface area contributed by atoms with E-state index in [0.717, 1.165) is 0 Å². The normalized spacial score (nSPS) is 30.4. The first kappa shape index (κ1) is 7.01. The van der Waals surface area contributed by atoms with Gasteiger partial charge in [-0.2, -0.15) is 0 Å². The summed E-state index contributed by atoms with van der Waals surface area (Å²) in [6, 6.07) is -0.691. The Bertz CT molecular complexity index is 180. The number of amides is 1. The predicted molar refractivity (Wildman–Crippen MR) is 31.7 cm³/mol. The summed E-state index contributed by atoms with van der Waals surface area (Å²) in [4.78, 5) is 20.7. The third-order valence-corrected chi connectivity index (χ3v) is 1.21. The van der Waals surface area contributed by atoms with Crippen LogP contribution in [0.5, 0.6) is 0 Å². The highest BCUT2D eigenvalue weighted by Gasteiger charge is 2.38. The van der Waals surface area contributed by atoms with E-state index in [4.69, 9.17) is 5.73 Å². The first-order chi connectivity index (χ1) is 4.61. The van der Waals surface area contributed by atoms with E-state index in [0.29, 0.717) is 0 Å². The number of carbonyl (C=O) groups is 2. The largest absolute Gasteiger partial charge is 0.440 e. The minimum Gasteiger partial charge on any atom is -0.440 e. The van der Waals surface area contributed by atoms with E-state index >= 15 is 0 Å². The summed E-state index contributed by atoms with van der Waals surface area (Å²) < 4.78 is 4.57. The molecular formula is C5H8N2O3. The molecule has 1 amide bonds. The lowest BCUT2D eigenvalue weighted by Gasteiger charge is -2.32. The highest BCUT2D eigenvalue weighted by atomic mass is 16.6. The molecule has 5 heteroatoms. The van der Waals surface area contributed by atoms with Crippen molar-refractivity contribution in [2.45, 2.75) is 19.2 Å². The fourth-order valence-electron chi connectivity index (χ4n) is 0.649. The molecule has 3 N–H and O–H groups in total. The topological polar surface area (TPSA) is 81.4 Å². The standard InChI is InChI=1S/C5H8N2O3/c1-2(8)10-5-3(6)4(9)7-5/h3,5H,6H2,1H3,(H,7,9)/t3-,5?/m0/s1. The van der Waals surface area contributed by atoms with Crippen molar-refractivity contribution in [3.8, 4) is 0 Å². The van der Waals surface area contributed by atoms with Crippen LogP contribution in [-0.4, -0.2) is 24.1 Å². The molecule has 1 rings (SSSR count). The fourth-order valence-corrected chi connectivity index (χ4v) is 0.649. The number of β-lactam (4-membered cyclic amide) rings is 1. The number of rotatable bonds is 1. The maximum absolute atomic E-state index is 10.4. The lowest BCUT2D eigenvalue weighted by Crippen LogP contribution is -2.67. The molecule has 0 aliphatic carbocycles. The average Bonchev–Trinajstić information content (AvgIpc) is 1.86. The van der Waals surface area contributed by atoms with Crippen molar-refractivity contribution < 1.29 is 14.3 Å². The van der Waals surface area contributed by atoms with Gasteiger partial charge in [-0.25, -0.2) is 0 Å². The van der Waals surface area contributed by atoms with Gasteiger partial charge in [0.1, 0.15) is 6.04 Å². The fraction of sp³-hybridized carbons (Fsp3) is 0.600. The second-order valence-electron chi connectivity index (χ2n) is 2.06. The number of hydrogen-bond acceptors (Lipinski definition) is 4. The lowest BCUT2D eigenvalue weighted by atomic mass is 10.1. The molecule has 1 heterocycles. The summed E-state index contributed by atoms with van der Waals surface area (Å²) in [5.41, 5.74) is 5.23. The van der Waals surface area contributed by atoms with Crippen molar-refractivity contribution >= 4 is 11.9 Å². The van der Waals surface area contributed by atoms with E-state index in [2.05, 4.69) is 10.1 Å². The molecule has 1 unspecified atom stereocenters. The predicted octanol–water partition coefficient (Wildman–Crippen LogP) is -1.67. The van der Waals surface area contributed by atoms with Crippen molar-refractivity contribution in [2.75, 3.05) is 0 Å². The van der Waals surface area contributed by atoms with Gasteiger partial charge >= 0.3 is 5.97 Å². The van der Waals surface area contributed by atoms with Crippen molar-refractivity contribution in [3.63, 3.8) is 0 Å². The SMILES string of the molecule is CC(=O)OC1NC(=O)[C@@H]1N. The maximum atomic E-state index is 10.4. The van der Waals surface area contributed by atoms with E-state index in [9.17, 15) is 9.59 Å². The van der Waals surface area contributed by atoms with E-state index in [-0.39, 0.29) is 5.91 Å². The monoisotopic (exact) mass is 144 g/mol. The Morgan fingerprint density at radius 2 is 2.40 bits per heavy atom. The Labute approximate surface area is 57.5 Å². The van der Waals surface area contributed by atoms with Crippen LogP contribution in [0.15, 0.2) is 0 Å². The van der Waals surface area contributed by atoms with Gasteiger partial charge in [-0.15, -0.1) is 0 Å². The Balaban J connectivity index is 2.34. The zero-order valence-corrected chi connectivity index (χ0v) is 5.46. The molecule has 56 valence electrons.